The maximum absolute atomic E-state index is 5.39. The summed E-state index contributed by atoms with van der Waals surface area (Å²) in [7, 11) is 4.30. The lowest BCUT2D eigenvalue weighted by Gasteiger charge is -2.26. The highest BCUT2D eigenvalue weighted by molar-refractivity contribution is 6.65. The summed E-state index contributed by atoms with van der Waals surface area (Å²) < 4.78 is 26.9. The van der Waals surface area contributed by atoms with E-state index in [1.54, 1.807) is 35.5 Å². The SMILES string of the molecule is CO[Si](C)(CCCNCCN)OC.CO[Si](CCCNC1CCCCC1)(OC)OC. The average molecular weight is 468 g/mol. The van der Waals surface area contributed by atoms with Gasteiger partial charge in [-0.15, -0.1) is 0 Å². The lowest BCUT2D eigenvalue weighted by atomic mass is 9.95. The first-order valence-electron chi connectivity index (χ1n) is 11.3. The van der Waals surface area contributed by atoms with Crippen LogP contribution in [0.4, 0.5) is 0 Å². The molecule has 0 aromatic rings. The van der Waals surface area contributed by atoms with Gasteiger partial charge in [0.05, 0.1) is 0 Å². The standard InChI is InChI=1S/C12H27NO3Si.C8H22N2O2Si/c1-14-17(15-2,16-3)11-7-10-13-12-8-5-4-6-9-12;1-11-13(3,12-2)8-4-6-10-7-5-9/h12-13H,4-11H2,1-3H3;10H,4-9H2,1-3H3. The maximum Gasteiger partial charge on any atom is 0.500 e. The van der Waals surface area contributed by atoms with E-state index in [0.29, 0.717) is 6.54 Å². The van der Waals surface area contributed by atoms with E-state index in [2.05, 4.69) is 17.2 Å². The van der Waals surface area contributed by atoms with Gasteiger partial charge in [0.15, 0.2) is 0 Å². The molecule has 0 unspecified atom stereocenters. The average Bonchev–Trinajstić information content (AvgIpc) is 2.80. The van der Waals surface area contributed by atoms with E-state index in [1.165, 1.54) is 32.1 Å². The molecule has 1 rings (SSSR count). The van der Waals surface area contributed by atoms with Crippen molar-refractivity contribution in [1.29, 1.82) is 0 Å². The van der Waals surface area contributed by atoms with Gasteiger partial charge in [-0.05, 0) is 51.4 Å². The van der Waals surface area contributed by atoms with E-state index in [9.17, 15) is 0 Å². The Kier molecular flexibility index (Phi) is 18.7. The molecule has 4 N–H and O–H groups in total. The second-order valence-electron chi connectivity index (χ2n) is 7.87. The fourth-order valence-corrected chi connectivity index (χ4v) is 6.64. The van der Waals surface area contributed by atoms with Gasteiger partial charge < -0.3 is 38.5 Å². The van der Waals surface area contributed by atoms with E-state index in [1.807, 2.05) is 0 Å². The molecule has 0 atom stereocenters. The van der Waals surface area contributed by atoms with E-state index >= 15 is 0 Å². The van der Waals surface area contributed by atoms with Gasteiger partial charge in [-0.25, -0.2) is 0 Å². The van der Waals surface area contributed by atoms with Gasteiger partial charge in [0.2, 0.25) is 0 Å². The molecule has 1 aliphatic carbocycles. The van der Waals surface area contributed by atoms with Crippen LogP contribution in [-0.4, -0.2) is 85.1 Å². The van der Waals surface area contributed by atoms with Crippen molar-refractivity contribution in [3.63, 3.8) is 0 Å². The van der Waals surface area contributed by atoms with Crippen molar-refractivity contribution < 1.29 is 22.1 Å². The zero-order chi connectivity index (χ0) is 22.7. The minimum atomic E-state index is -2.34. The normalized spacial score (nSPS) is 15.7. The quantitative estimate of drug-likeness (QED) is 0.235. The molecule has 0 amide bonds. The number of nitrogens with one attached hydrogen (secondary N) is 2. The largest absolute Gasteiger partial charge is 0.500 e. The molecule has 0 aromatic carbocycles. The zero-order valence-corrected chi connectivity index (χ0v) is 22.4. The Morgan fingerprint density at radius 1 is 0.767 bits per heavy atom. The van der Waals surface area contributed by atoms with Gasteiger partial charge >= 0.3 is 17.4 Å². The summed E-state index contributed by atoms with van der Waals surface area (Å²) in [5.74, 6) is 0. The van der Waals surface area contributed by atoms with E-state index in [0.717, 1.165) is 50.6 Å². The summed E-state index contributed by atoms with van der Waals surface area (Å²) in [6, 6.07) is 2.64. The first-order chi connectivity index (χ1) is 14.4. The molecule has 1 aliphatic rings. The van der Waals surface area contributed by atoms with Crippen LogP contribution in [-0.2, 0) is 22.1 Å². The molecule has 8 nitrogen and oxygen atoms in total. The number of rotatable bonds is 16. The first-order valence-corrected chi connectivity index (χ1v) is 15.8. The highest BCUT2D eigenvalue weighted by atomic mass is 28.4. The monoisotopic (exact) mass is 467 g/mol. The van der Waals surface area contributed by atoms with Crippen LogP contribution in [0.3, 0.4) is 0 Å². The second-order valence-corrected chi connectivity index (χ2v) is 14.5. The molecule has 30 heavy (non-hydrogen) atoms. The van der Waals surface area contributed by atoms with Crippen LogP contribution in [0.5, 0.6) is 0 Å². The van der Waals surface area contributed by atoms with Crippen LogP contribution in [0.15, 0.2) is 0 Å². The molecule has 0 heterocycles. The lowest BCUT2D eigenvalue weighted by molar-refractivity contribution is 0.123. The number of hydrogen-bond donors (Lipinski definition) is 3. The highest BCUT2D eigenvalue weighted by Gasteiger charge is 2.36. The molecule has 0 saturated heterocycles. The van der Waals surface area contributed by atoms with Crippen molar-refractivity contribution in [2.24, 2.45) is 5.73 Å². The smallest absolute Gasteiger partial charge is 0.398 e. The molecule has 0 aromatic heterocycles. The predicted octanol–water partition coefficient (Wildman–Crippen LogP) is 2.47. The van der Waals surface area contributed by atoms with Crippen LogP contribution in [0, 0.1) is 0 Å². The van der Waals surface area contributed by atoms with Crippen molar-refractivity contribution in [3.8, 4) is 0 Å². The molecule has 0 aliphatic heterocycles. The highest BCUT2D eigenvalue weighted by Crippen LogP contribution is 2.18. The number of nitrogens with two attached hydrogens (primary N) is 1. The molecular weight excluding hydrogens is 418 g/mol. The van der Waals surface area contributed by atoms with Gasteiger partial charge in [-0.3, -0.25) is 0 Å². The van der Waals surface area contributed by atoms with E-state index in [-0.39, 0.29) is 0 Å². The van der Waals surface area contributed by atoms with Crippen LogP contribution in [0.2, 0.25) is 18.6 Å². The molecular formula is C20H49N3O5Si2. The predicted molar refractivity (Wildman–Crippen MR) is 128 cm³/mol. The van der Waals surface area contributed by atoms with Gasteiger partial charge in [-0.1, -0.05) is 19.3 Å². The molecule has 1 saturated carbocycles. The zero-order valence-electron chi connectivity index (χ0n) is 20.4. The van der Waals surface area contributed by atoms with Crippen LogP contribution < -0.4 is 16.4 Å². The van der Waals surface area contributed by atoms with Crippen molar-refractivity contribution in [3.05, 3.63) is 0 Å². The van der Waals surface area contributed by atoms with Crippen LogP contribution >= 0.6 is 0 Å². The molecule has 0 bridgehead atoms. The van der Waals surface area contributed by atoms with Crippen LogP contribution in [0.25, 0.3) is 0 Å². The van der Waals surface area contributed by atoms with Gasteiger partial charge in [0.25, 0.3) is 0 Å². The lowest BCUT2D eigenvalue weighted by Crippen LogP contribution is -2.43. The Morgan fingerprint density at radius 3 is 1.83 bits per heavy atom. The van der Waals surface area contributed by atoms with Crippen molar-refractivity contribution >= 4 is 17.4 Å². The Bertz CT molecular complexity index is 375. The Balaban J connectivity index is 0.000000584. The molecule has 0 radical (unpaired) electrons. The first kappa shape index (κ1) is 30.1. The second kappa shape index (κ2) is 18.7. The van der Waals surface area contributed by atoms with Crippen LogP contribution in [0.1, 0.15) is 44.9 Å². The summed E-state index contributed by atoms with van der Waals surface area (Å²) in [6.07, 6.45) is 8.98. The molecule has 1 fully saturated rings. The van der Waals surface area contributed by atoms with E-state index < -0.39 is 17.4 Å². The molecule has 10 heteroatoms. The van der Waals surface area contributed by atoms with Crippen molar-refractivity contribution in [2.75, 3.05) is 61.7 Å². The van der Waals surface area contributed by atoms with E-state index in [4.69, 9.17) is 27.9 Å². The topological polar surface area (TPSA) is 96.2 Å². The minimum Gasteiger partial charge on any atom is -0.398 e. The summed E-state index contributed by atoms with van der Waals surface area (Å²) in [6.45, 7) is 5.69. The summed E-state index contributed by atoms with van der Waals surface area (Å²) >= 11 is 0. The molecule has 182 valence electrons. The third-order valence-electron chi connectivity index (χ3n) is 5.80. The Morgan fingerprint density at radius 2 is 1.33 bits per heavy atom. The Hall–Kier alpha value is 0.114. The third kappa shape index (κ3) is 13.5. The fourth-order valence-electron chi connectivity index (χ4n) is 3.52. The maximum atomic E-state index is 5.39. The van der Waals surface area contributed by atoms with Gasteiger partial charge in [0.1, 0.15) is 0 Å². The van der Waals surface area contributed by atoms with Gasteiger partial charge in [0, 0.05) is 60.7 Å². The summed E-state index contributed by atoms with van der Waals surface area (Å²) in [5.41, 5.74) is 5.35. The van der Waals surface area contributed by atoms with Gasteiger partial charge in [-0.2, -0.15) is 0 Å². The van der Waals surface area contributed by atoms with Crippen molar-refractivity contribution in [2.45, 2.75) is 69.6 Å². The summed E-state index contributed by atoms with van der Waals surface area (Å²) in [4.78, 5) is 0. The Labute approximate surface area is 187 Å². The molecule has 0 spiro atoms. The fraction of sp³-hybridized carbons (Fsp3) is 1.00. The number of hydrogen-bond acceptors (Lipinski definition) is 8. The minimum absolute atomic E-state index is 0.698. The summed E-state index contributed by atoms with van der Waals surface area (Å²) in [5, 5.41) is 6.86. The third-order valence-corrected chi connectivity index (χ3v) is 11.6. The van der Waals surface area contributed by atoms with Crippen molar-refractivity contribution in [1.82, 2.24) is 10.6 Å².